The van der Waals surface area contributed by atoms with Crippen molar-refractivity contribution < 1.29 is 4.79 Å². The number of nitrogens with zero attached hydrogens (tertiary/aromatic N) is 3. The second kappa shape index (κ2) is 7.48. The molecular weight excluding hydrogens is 246 g/mol. The Labute approximate surface area is 114 Å². The highest BCUT2D eigenvalue weighted by Crippen LogP contribution is 2.25. The standard InChI is InChI=1S/C13H23N3OS/c1-5-7-16(9-8-15(3)4)13-14-11(6-2)12(10-17)18-13/h10H,5-9H2,1-4H3. The van der Waals surface area contributed by atoms with Crippen LogP contribution in [0.3, 0.4) is 0 Å². The van der Waals surface area contributed by atoms with Gasteiger partial charge in [0.15, 0.2) is 11.4 Å². The van der Waals surface area contributed by atoms with Gasteiger partial charge in [0.05, 0.1) is 10.6 Å². The summed E-state index contributed by atoms with van der Waals surface area (Å²) >= 11 is 1.51. The predicted molar refractivity (Wildman–Crippen MR) is 77.9 cm³/mol. The van der Waals surface area contributed by atoms with Gasteiger partial charge in [0.25, 0.3) is 0 Å². The van der Waals surface area contributed by atoms with Gasteiger partial charge in [0, 0.05) is 19.6 Å². The van der Waals surface area contributed by atoms with E-state index in [1.54, 1.807) is 0 Å². The van der Waals surface area contributed by atoms with Crippen molar-refractivity contribution in [1.29, 1.82) is 0 Å². The van der Waals surface area contributed by atoms with Crippen molar-refractivity contribution in [3.05, 3.63) is 10.6 Å². The number of anilines is 1. The summed E-state index contributed by atoms with van der Waals surface area (Å²) in [5.74, 6) is 0. The SMILES string of the molecule is CCCN(CCN(C)C)c1nc(CC)c(C=O)s1. The molecule has 0 saturated heterocycles. The minimum absolute atomic E-state index is 0.776. The molecule has 1 heterocycles. The molecule has 0 aliphatic carbocycles. The minimum Gasteiger partial charge on any atom is -0.347 e. The molecule has 5 heteroatoms. The number of hydrogen-bond donors (Lipinski definition) is 0. The average Bonchev–Trinajstić information content (AvgIpc) is 2.77. The molecule has 1 aromatic heterocycles. The summed E-state index contributed by atoms with van der Waals surface area (Å²) < 4.78 is 0. The summed E-state index contributed by atoms with van der Waals surface area (Å²) in [5.41, 5.74) is 0.927. The average molecular weight is 269 g/mol. The highest BCUT2D eigenvalue weighted by atomic mass is 32.1. The van der Waals surface area contributed by atoms with Crippen molar-refractivity contribution >= 4 is 22.8 Å². The van der Waals surface area contributed by atoms with Crippen LogP contribution >= 0.6 is 11.3 Å². The maximum Gasteiger partial charge on any atom is 0.186 e. The van der Waals surface area contributed by atoms with Crippen LogP contribution in [0.4, 0.5) is 5.13 Å². The van der Waals surface area contributed by atoms with Gasteiger partial charge in [-0.1, -0.05) is 25.2 Å². The molecule has 0 spiro atoms. The maximum absolute atomic E-state index is 11.0. The first-order valence-corrected chi connectivity index (χ1v) is 7.28. The second-order valence-corrected chi connectivity index (χ2v) is 5.58. The monoisotopic (exact) mass is 269 g/mol. The van der Waals surface area contributed by atoms with Crippen LogP contribution in [0.2, 0.25) is 0 Å². The number of carbonyl (C=O) groups is 1. The first kappa shape index (κ1) is 15.1. The van der Waals surface area contributed by atoms with Crippen molar-refractivity contribution in [2.45, 2.75) is 26.7 Å². The number of aromatic nitrogens is 1. The van der Waals surface area contributed by atoms with E-state index in [9.17, 15) is 4.79 Å². The van der Waals surface area contributed by atoms with E-state index in [4.69, 9.17) is 0 Å². The van der Waals surface area contributed by atoms with Crippen molar-refractivity contribution in [2.24, 2.45) is 0 Å². The zero-order chi connectivity index (χ0) is 13.5. The third-order valence-corrected chi connectivity index (χ3v) is 3.82. The van der Waals surface area contributed by atoms with Gasteiger partial charge in [-0.2, -0.15) is 0 Å². The zero-order valence-corrected chi connectivity index (χ0v) is 12.6. The number of rotatable bonds is 8. The van der Waals surface area contributed by atoms with Gasteiger partial charge >= 0.3 is 0 Å². The van der Waals surface area contributed by atoms with Crippen LogP contribution < -0.4 is 4.90 Å². The summed E-state index contributed by atoms with van der Waals surface area (Å²) in [4.78, 5) is 20.8. The second-order valence-electron chi connectivity index (χ2n) is 4.57. The van der Waals surface area contributed by atoms with E-state index >= 15 is 0 Å². The molecule has 0 N–H and O–H groups in total. The molecule has 0 saturated carbocycles. The minimum atomic E-state index is 0.776. The number of carbonyl (C=O) groups excluding carboxylic acids is 1. The molecule has 0 amide bonds. The molecule has 0 fully saturated rings. The van der Waals surface area contributed by atoms with Gasteiger partial charge in [0.2, 0.25) is 0 Å². The van der Waals surface area contributed by atoms with Crippen molar-refractivity contribution in [1.82, 2.24) is 9.88 Å². The maximum atomic E-state index is 11.0. The molecule has 0 unspecified atom stereocenters. The van der Waals surface area contributed by atoms with Crippen molar-refractivity contribution in [3.8, 4) is 0 Å². The fourth-order valence-electron chi connectivity index (χ4n) is 1.72. The third kappa shape index (κ3) is 4.07. The Morgan fingerprint density at radius 3 is 2.39 bits per heavy atom. The molecule has 1 aromatic rings. The van der Waals surface area contributed by atoms with Gasteiger partial charge in [-0.15, -0.1) is 0 Å². The lowest BCUT2D eigenvalue weighted by atomic mass is 10.3. The van der Waals surface area contributed by atoms with Crippen LogP contribution in [0.5, 0.6) is 0 Å². The third-order valence-electron chi connectivity index (χ3n) is 2.74. The Morgan fingerprint density at radius 1 is 1.22 bits per heavy atom. The topological polar surface area (TPSA) is 36.4 Å². The number of aryl methyl sites for hydroxylation is 1. The van der Waals surface area contributed by atoms with E-state index < -0.39 is 0 Å². The van der Waals surface area contributed by atoms with Crippen LogP contribution in [0.1, 0.15) is 35.6 Å². The molecule has 0 bridgehead atoms. The molecule has 102 valence electrons. The van der Waals surface area contributed by atoms with Gasteiger partial charge in [-0.05, 0) is 26.9 Å². The Bertz CT molecular complexity index is 376. The molecule has 0 radical (unpaired) electrons. The molecule has 4 nitrogen and oxygen atoms in total. The number of hydrogen-bond acceptors (Lipinski definition) is 5. The molecule has 1 rings (SSSR count). The summed E-state index contributed by atoms with van der Waals surface area (Å²) in [6, 6.07) is 0. The Kier molecular flexibility index (Phi) is 6.29. The summed E-state index contributed by atoms with van der Waals surface area (Å²) in [5, 5.41) is 0.984. The van der Waals surface area contributed by atoms with E-state index in [-0.39, 0.29) is 0 Å². The fourth-order valence-corrected chi connectivity index (χ4v) is 2.75. The Balaban J connectivity index is 2.83. The van der Waals surface area contributed by atoms with E-state index in [0.29, 0.717) is 0 Å². The van der Waals surface area contributed by atoms with E-state index in [1.165, 1.54) is 11.3 Å². The normalized spacial score (nSPS) is 10.9. The lowest BCUT2D eigenvalue weighted by molar-refractivity contribution is 0.112. The highest BCUT2D eigenvalue weighted by molar-refractivity contribution is 7.17. The van der Waals surface area contributed by atoms with Crippen LogP contribution in [-0.2, 0) is 6.42 Å². The quantitative estimate of drug-likeness (QED) is 0.679. The predicted octanol–water partition coefficient (Wildman–Crippen LogP) is 2.30. The smallest absolute Gasteiger partial charge is 0.186 e. The number of thiazole rings is 1. The lowest BCUT2D eigenvalue weighted by Crippen LogP contribution is -2.32. The van der Waals surface area contributed by atoms with Crippen molar-refractivity contribution in [3.63, 3.8) is 0 Å². The van der Waals surface area contributed by atoms with Crippen molar-refractivity contribution in [2.75, 3.05) is 38.6 Å². The largest absolute Gasteiger partial charge is 0.347 e. The van der Waals surface area contributed by atoms with Gasteiger partial charge in [-0.3, -0.25) is 4.79 Å². The first-order valence-electron chi connectivity index (χ1n) is 6.46. The molecule has 0 aromatic carbocycles. The summed E-state index contributed by atoms with van der Waals surface area (Å²) in [6.45, 7) is 7.14. The van der Waals surface area contributed by atoms with Crippen LogP contribution in [0.15, 0.2) is 0 Å². The van der Waals surface area contributed by atoms with Gasteiger partial charge < -0.3 is 9.80 Å². The van der Waals surface area contributed by atoms with E-state index in [0.717, 1.165) is 54.5 Å². The highest BCUT2D eigenvalue weighted by Gasteiger charge is 2.14. The van der Waals surface area contributed by atoms with E-state index in [2.05, 4.69) is 35.8 Å². The fraction of sp³-hybridized carbons (Fsp3) is 0.692. The Morgan fingerprint density at radius 2 is 1.94 bits per heavy atom. The van der Waals surface area contributed by atoms with Crippen LogP contribution in [0.25, 0.3) is 0 Å². The van der Waals surface area contributed by atoms with Crippen LogP contribution in [0, 0.1) is 0 Å². The molecule has 0 atom stereocenters. The summed E-state index contributed by atoms with van der Waals surface area (Å²) in [6.07, 6.45) is 2.83. The molecule has 0 aliphatic heterocycles. The molecular formula is C13H23N3OS. The van der Waals surface area contributed by atoms with E-state index in [1.807, 2.05) is 6.92 Å². The van der Waals surface area contributed by atoms with Gasteiger partial charge in [-0.25, -0.2) is 4.98 Å². The first-order chi connectivity index (χ1) is 8.62. The number of aldehydes is 1. The Hall–Kier alpha value is -0.940. The lowest BCUT2D eigenvalue weighted by Gasteiger charge is -2.23. The molecule has 0 aliphatic rings. The summed E-state index contributed by atoms with van der Waals surface area (Å²) in [7, 11) is 4.14. The number of likely N-dealkylation sites (N-methyl/N-ethyl adjacent to an activating group) is 1. The van der Waals surface area contributed by atoms with Gasteiger partial charge in [0.1, 0.15) is 0 Å². The molecule has 18 heavy (non-hydrogen) atoms. The van der Waals surface area contributed by atoms with Crippen LogP contribution in [-0.4, -0.2) is 49.9 Å². The zero-order valence-electron chi connectivity index (χ0n) is 11.8.